The summed E-state index contributed by atoms with van der Waals surface area (Å²) in [5.74, 6) is 1.91. The van der Waals surface area contributed by atoms with Crippen molar-refractivity contribution in [2.75, 3.05) is 32.4 Å². The van der Waals surface area contributed by atoms with Crippen molar-refractivity contribution < 1.29 is 8.42 Å². The van der Waals surface area contributed by atoms with Gasteiger partial charge in [0.05, 0.1) is 4.90 Å². The fraction of sp³-hybridized carbons (Fsp3) is 0.611. The summed E-state index contributed by atoms with van der Waals surface area (Å²) >= 11 is 1.99. The number of thioether (sulfide) groups is 1. The van der Waals surface area contributed by atoms with Crippen LogP contribution in [0.25, 0.3) is 0 Å². The van der Waals surface area contributed by atoms with Gasteiger partial charge in [-0.1, -0.05) is 12.1 Å². The Morgan fingerprint density at radius 1 is 1.27 bits per heavy atom. The Balaban J connectivity index is 1.80. The third-order valence-electron chi connectivity index (χ3n) is 4.50. The number of benzene rings is 1. The van der Waals surface area contributed by atoms with E-state index >= 15 is 0 Å². The van der Waals surface area contributed by atoms with E-state index in [0.29, 0.717) is 23.9 Å². The molecule has 1 heterocycles. The van der Waals surface area contributed by atoms with Crippen molar-refractivity contribution in [3.8, 4) is 0 Å². The number of nitrogens with zero attached hydrogens (tertiary/aromatic N) is 1. The van der Waals surface area contributed by atoms with Gasteiger partial charge in [0.2, 0.25) is 10.0 Å². The van der Waals surface area contributed by atoms with Crippen LogP contribution in [0.15, 0.2) is 28.1 Å². The van der Waals surface area contributed by atoms with Gasteiger partial charge >= 0.3 is 0 Å². The van der Waals surface area contributed by atoms with Gasteiger partial charge in [-0.3, -0.25) is 4.99 Å². The Labute approximate surface area is 161 Å². The van der Waals surface area contributed by atoms with Crippen LogP contribution < -0.4 is 15.4 Å². The molecule has 1 aliphatic rings. The minimum absolute atomic E-state index is 0.252. The number of aliphatic imine (C=N–C) groups is 1. The second-order valence-electron chi connectivity index (χ2n) is 6.92. The molecule has 26 heavy (non-hydrogen) atoms. The molecule has 1 fully saturated rings. The highest BCUT2D eigenvalue weighted by Gasteiger charge is 2.29. The van der Waals surface area contributed by atoms with E-state index in [0.717, 1.165) is 17.7 Å². The van der Waals surface area contributed by atoms with Gasteiger partial charge in [-0.2, -0.15) is 11.8 Å². The predicted molar refractivity (Wildman–Crippen MR) is 111 cm³/mol. The van der Waals surface area contributed by atoms with Crippen LogP contribution in [-0.4, -0.2) is 51.6 Å². The van der Waals surface area contributed by atoms with Crippen molar-refractivity contribution >= 4 is 27.7 Å². The third-order valence-corrected chi connectivity index (χ3v) is 7.64. The first-order chi connectivity index (χ1) is 12.3. The Morgan fingerprint density at radius 2 is 2.04 bits per heavy atom. The van der Waals surface area contributed by atoms with E-state index in [2.05, 4.69) is 27.3 Å². The molecule has 1 atom stereocenters. The molecule has 6 nitrogen and oxygen atoms in total. The molecule has 2 rings (SSSR count). The van der Waals surface area contributed by atoms with E-state index in [1.54, 1.807) is 20.0 Å². The van der Waals surface area contributed by atoms with Crippen molar-refractivity contribution in [3.05, 3.63) is 29.3 Å². The Bertz CT molecular complexity index is 742. The summed E-state index contributed by atoms with van der Waals surface area (Å²) in [6.45, 7) is 7.57. The maximum absolute atomic E-state index is 12.5. The van der Waals surface area contributed by atoms with Crippen LogP contribution in [-0.2, 0) is 10.0 Å². The monoisotopic (exact) mass is 398 g/mol. The summed E-state index contributed by atoms with van der Waals surface area (Å²) in [6.07, 6.45) is 2.46. The second-order valence-corrected chi connectivity index (χ2v) is 10.3. The summed E-state index contributed by atoms with van der Waals surface area (Å²) in [6, 6.07) is 5.44. The highest BCUT2D eigenvalue weighted by Crippen LogP contribution is 2.36. The number of aryl methyl sites for hydroxylation is 2. The molecule has 8 heteroatoms. The van der Waals surface area contributed by atoms with Crippen LogP contribution in [0.5, 0.6) is 0 Å². The second kappa shape index (κ2) is 9.10. The molecule has 1 aliphatic heterocycles. The van der Waals surface area contributed by atoms with Gasteiger partial charge in [0.25, 0.3) is 0 Å². The molecule has 146 valence electrons. The fourth-order valence-electron chi connectivity index (χ4n) is 2.91. The highest BCUT2D eigenvalue weighted by molar-refractivity contribution is 8.00. The minimum atomic E-state index is -3.51. The van der Waals surface area contributed by atoms with Gasteiger partial charge in [-0.05, 0) is 56.6 Å². The number of sulfonamides is 1. The molecule has 0 bridgehead atoms. The largest absolute Gasteiger partial charge is 0.355 e. The molecular formula is C18H30N4O2S2. The van der Waals surface area contributed by atoms with Crippen molar-refractivity contribution in [3.63, 3.8) is 0 Å². The molecule has 0 amide bonds. The van der Waals surface area contributed by atoms with Gasteiger partial charge in [-0.15, -0.1) is 0 Å². The van der Waals surface area contributed by atoms with E-state index in [-0.39, 0.29) is 4.75 Å². The number of hydrogen-bond donors (Lipinski definition) is 3. The lowest BCUT2D eigenvalue weighted by molar-refractivity contribution is 0.576. The molecule has 3 N–H and O–H groups in total. The van der Waals surface area contributed by atoms with Crippen molar-refractivity contribution in [2.45, 2.75) is 43.3 Å². The summed E-state index contributed by atoms with van der Waals surface area (Å²) in [7, 11) is -1.78. The van der Waals surface area contributed by atoms with Crippen LogP contribution in [0, 0.1) is 13.8 Å². The average molecular weight is 399 g/mol. The predicted octanol–water partition coefficient (Wildman–Crippen LogP) is 2.03. The SMILES string of the molecule is CN=C(NCCNS(=O)(=O)c1cc(C)ccc1C)NCC1(C)CCCS1. The summed E-state index contributed by atoms with van der Waals surface area (Å²) in [5.41, 5.74) is 1.67. The first kappa shape index (κ1) is 21.1. The zero-order chi connectivity index (χ0) is 19.2. The van der Waals surface area contributed by atoms with E-state index in [1.165, 1.54) is 18.6 Å². The Kier molecular flexibility index (Phi) is 7.37. The van der Waals surface area contributed by atoms with Crippen molar-refractivity contribution in [1.82, 2.24) is 15.4 Å². The molecule has 1 saturated heterocycles. The summed E-state index contributed by atoms with van der Waals surface area (Å²) < 4.78 is 27.8. The van der Waals surface area contributed by atoms with E-state index < -0.39 is 10.0 Å². The van der Waals surface area contributed by atoms with Gasteiger partial charge in [-0.25, -0.2) is 13.1 Å². The van der Waals surface area contributed by atoms with Gasteiger partial charge < -0.3 is 10.6 Å². The number of nitrogens with one attached hydrogen (secondary N) is 3. The minimum Gasteiger partial charge on any atom is -0.355 e. The zero-order valence-corrected chi connectivity index (χ0v) is 17.7. The van der Waals surface area contributed by atoms with Crippen LogP contribution in [0.4, 0.5) is 0 Å². The molecular weight excluding hydrogens is 368 g/mol. The normalized spacial score (nSPS) is 21.0. The van der Waals surface area contributed by atoms with Crippen molar-refractivity contribution in [1.29, 1.82) is 0 Å². The summed E-state index contributed by atoms with van der Waals surface area (Å²) in [4.78, 5) is 4.54. The standard InChI is InChI=1S/C18H30N4O2S2/c1-14-6-7-15(2)16(12-14)26(23,24)22-10-9-20-17(19-4)21-13-18(3)8-5-11-25-18/h6-7,12,22H,5,8-11,13H2,1-4H3,(H2,19,20,21). The van der Waals surface area contributed by atoms with E-state index in [4.69, 9.17) is 0 Å². The molecule has 1 unspecified atom stereocenters. The average Bonchev–Trinajstić information content (AvgIpc) is 3.03. The quantitative estimate of drug-likeness (QED) is 0.372. The fourth-order valence-corrected chi connectivity index (χ4v) is 5.51. The molecule has 1 aromatic rings. The molecule has 0 aliphatic carbocycles. The van der Waals surface area contributed by atoms with Gasteiger partial charge in [0.15, 0.2) is 5.96 Å². The Morgan fingerprint density at radius 3 is 2.69 bits per heavy atom. The maximum Gasteiger partial charge on any atom is 0.240 e. The zero-order valence-electron chi connectivity index (χ0n) is 16.1. The highest BCUT2D eigenvalue weighted by atomic mass is 32.2. The number of guanidine groups is 1. The first-order valence-corrected chi connectivity index (χ1v) is 11.4. The Hall–Kier alpha value is -1.25. The van der Waals surface area contributed by atoms with E-state index in [1.807, 2.05) is 30.8 Å². The molecule has 0 spiro atoms. The summed E-state index contributed by atoms with van der Waals surface area (Å²) in [5, 5.41) is 6.50. The van der Waals surface area contributed by atoms with Crippen LogP contribution in [0.2, 0.25) is 0 Å². The lowest BCUT2D eigenvalue weighted by atomic mass is 10.1. The van der Waals surface area contributed by atoms with Gasteiger partial charge in [0, 0.05) is 31.4 Å². The number of hydrogen-bond acceptors (Lipinski definition) is 4. The smallest absolute Gasteiger partial charge is 0.240 e. The lowest BCUT2D eigenvalue weighted by Crippen LogP contribution is -2.45. The van der Waals surface area contributed by atoms with Gasteiger partial charge in [0.1, 0.15) is 0 Å². The van der Waals surface area contributed by atoms with E-state index in [9.17, 15) is 8.42 Å². The lowest BCUT2D eigenvalue weighted by Gasteiger charge is -2.24. The topological polar surface area (TPSA) is 82.6 Å². The van der Waals surface area contributed by atoms with Crippen LogP contribution in [0.1, 0.15) is 30.9 Å². The van der Waals surface area contributed by atoms with Crippen LogP contribution in [0.3, 0.4) is 0 Å². The van der Waals surface area contributed by atoms with Crippen molar-refractivity contribution in [2.24, 2.45) is 4.99 Å². The maximum atomic E-state index is 12.5. The third kappa shape index (κ3) is 5.89. The van der Waals surface area contributed by atoms with Crippen LogP contribution >= 0.6 is 11.8 Å². The number of rotatable bonds is 7. The molecule has 1 aromatic carbocycles. The molecule has 0 aromatic heterocycles. The first-order valence-electron chi connectivity index (χ1n) is 8.91. The molecule has 0 saturated carbocycles. The molecule has 0 radical (unpaired) electrons.